The van der Waals surface area contributed by atoms with E-state index in [4.69, 9.17) is 0 Å². The van der Waals surface area contributed by atoms with Crippen molar-refractivity contribution in [3.8, 4) is 0 Å². The highest BCUT2D eigenvalue weighted by molar-refractivity contribution is 4.93. The van der Waals surface area contributed by atoms with Crippen LogP contribution in [0.3, 0.4) is 0 Å². The zero-order valence-electron chi connectivity index (χ0n) is 19.6. The smallest absolute Gasteiger partial charge is 0.303 e. The highest BCUT2D eigenvalue weighted by atomic mass is 19.4. The molecule has 0 spiro atoms. The van der Waals surface area contributed by atoms with Gasteiger partial charge < -0.3 is 9.80 Å². The lowest BCUT2D eigenvalue weighted by Crippen LogP contribution is -2.57. The lowest BCUT2D eigenvalue weighted by molar-refractivity contribution is -0.147. The molecule has 0 aromatic rings. The molecule has 30 heavy (non-hydrogen) atoms. The fourth-order valence-corrected chi connectivity index (χ4v) is 6.73. The van der Waals surface area contributed by atoms with E-state index in [1.165, 1.54) is 38.9 Å². The Morgan fingerprint density at radius 1 is 1.00 bits per heavy atom. The zero-order chi connectivity index (χ0) is 21.9. The van der Waals surface area contributed by atoms with Gasteiger partial charge in [-0.3, -0.25) is 4.90 Å². The molecule has 6 heteroatoms. The number of likely N-dealkylation sites (tertiary alicyclic amines) is 3. The summed E-state index contributed by atoms with van der Waals surface area (Å²) in [4.78, 5) is 6.78. The molecule has 3 fully saturated rings. The number of hydrogen-bond acceptors (Lipinski definition) is 3. The molecular weight excluding hydrogens is 387 g/mol. The maximum Gasteiger partial charge on any atom is 0.401 e. The van der Waals surface area contributed by atoms with Crippen LogP contribution >= 0.6 is 0 Å². The van der Waals surface area contributed by atoms with Crippen LogP contribution in [0.15, 0.2) is 0 Å². The summed E-state index contributed by atoms with van der Waals surface area (Å²) in [5.74, 6) is 3.13. The molecule has 0 aromatic carbocycles. The molecule has 0 saturated carbocycles. The van der Waals surface area contributed by atoms with E-state index >= 15 is 0 Å². The standard InChI is InChI=1S/C24H44F3N3/c1-18(2)23-21(15-28(23)4)14-19(3)20-8-5-11-29(16-20)12-6-9-22-10-7-13-30(22)17-24(25,26)27/h18-23H,5-17H2,1-4H3/t19?,20-,21?,22-,23?/m1/s1. The Bertz CT molecular complexity index is 520. The molecule has 176 valence electrons. The Hall–Kier alpha value is -0.330. The van der Waals surface area contributed by atoms with Crippen LogP contribution in [0.25, 0.3) is 0 Å². The molecule has 3 heterocycles. The van der Waals surface area contributed by atoms with Gasteiger partial charge in [0.2, 0.25) is 0 Å². The molecule has 3 nitrogen and oxygen atoms in total. The van der Waals surface area contributed by atoms with Crippen LogP contribution in [-0.4, -0.2) is 79.3 Å². The molecule has 3 rings (SSSR count). The second-order valence-corrected chi connectivity index (χ2v) is 10.9. The second-order valence-electron chi connectivity index (χ2n) is 10.9. The van der Waals surface area contributed by atoms with Gasteiger partial charge in [0.15, 0.2) is 0 Å². The van der Waals surface area contributed by atoms with Gasteiger partial charge in [-0.25, -0.2) is 0 Å². The molecule has 0 N–H and O–H groups in total. The molecule has 3 aliphatic heterocycles. The first-order valence-electron chi connectivity index (χ1n) is 12.4. The van der Waals surface area contributed by atoms with Crippen LogP contribution in [0.4, 0.5) is 13.2 Å². The van der Waals surface area contributed by atoms with Crippen LogP contribution in [-0.2, 0) is 0 Å². The average Bonchev–Trinajstić information content (AvgIpc) is 3.06. The molecule has 3 unspecified atom stereocenters. The van der Waals surface area contributed by atoms with Gasteiger partial charge in [-0.15, -0.1) is 0 Å². The summed E-state index contributed by atoms with van der Waals surface area (Å²) in [6.45, 7) is 11.7. The highest BCUT2D eigenvalue weighted by Crippen LogP contribution is 2.37. The van der Waals surface area contributed by atoms with E-state index in [1.54, 1.807) is 4.90 Å². The topological polar surface area (TPSA) is 9.72 Å². The van der Waals surface area contributed by atoms with E-state index in [2.05, 4.69) is 37.6 Å². The minimum Gasteiger partial charge on any atom is -0.303 e. The van der Waals surface area contributed by atoms with Gasteiger partial charge in [-0.1, -0.05) is 20.8 Å². The average molecular weight is 432 g/mol. The number of hydrogen-bond donors (Lipinski definition) is 0. The van der Waals surface area contributed by atoms with Gasteiger partial charge in [0, 0.05) is 25.2 Å². The van der Waals surface area contributed by atoms with Crippen molar-refractivity contribution in [1.82, 2.24) is 14.7 Å². The highest BCUT2D eigenvalue weighted by Gasteiger charge is 2.40. The summed E-state index contributed by atoms with van der Waals surface area (Å²) >= 11 is 0. The summed E-state index contributed by atoms with van der Waals surface area (Å²) in [5, 5.41) is 0. The van der Waals surface area contributed by atoms with Crippen molar-refractivity contribution in [1.29, 1.82) is 0 Å². The van der Waals surface area contributed by atoms with Crippen molar-refractivity contribution in [3.05, 3.63) is 0 Å². The number of halogens is 3. The van der Waals surface area contributed by atoms with E-state index < -0.39 is 12.7 Å². The van der Waals surface area contributed by atoms with Crippen molar-refractivity contribution in [2.45, 2.75) is 84.0 Å². The second kappa shape index (κ2) is 10.5. The van der Waals surface area contributed by atoms with E-state index in [9.17, 15) is 13.2 Å². The normalized spacial score (nSPS) is 33.2. The van der Waals surface area contributed by atoms with Crippen molar-refractivity contribution in [2.24, 2.45) is 23.7 Å². The largest absolute Gasteiger partial charge is 0.401 e. The first-order valence-corrected chi connectivity index (χ1v) is 12.4. The molecule has 0 radical (unpaired) electrons. The Labute approximate surface area is 182 Å². The van der Waals surface area contributed by atoms with Gasteiger partial charge >= 0.3 is 6.18 Å². The first kappa shape index (κ1) is 24.3. The summed E-state index contributed by atoms with van der Waals surface area (Å²) in [6.07, 6.45) is 3.69. The summed E-state index contributed by atoms with van der Waals surface area (Å²) in [7, 11) is 2.26. The monoisotopic (exact) mass is 431 g/mol. The van der Waals surface area contributed by atoms with Crippen molar-refractivity contribution < 1.29 is 13.2 Å². The van der Waals surface area contributed by atoms with Gasteiger partial charge in [0.05, 0.1) is 6.54 Å². The predicted molar refractivity (Wildman–Crippen MR) is 118 cm³/mol. The third-order valence-electron chi connectivity index (χ3n) is 8.11. The van der Waals surface area contributed by atoms with Crippen molar-refractivity contribution in [2.75, 3.05) is 46.3 Å². The molecule has 3 saturated heterocycles. The minimum atomic E-state index is -4.07. The molecule has 0 bridgehead atoms. The van der Waals surface area contributed by atoms with Crippen molar-refractivity contribution in [3.63, 3.8) is 0 Å². The number of nitrogens with zero attached hydrogens (tertiary/aromatic N) is 3. The predicted octanol–water partition coefficient (Wildman–Crippen LogP) is 5.12. The molecule has 0 aromatic heterocycles. The molecule has 5 atom stereocenters. The molecule has 3 aliphatic rings. The Balaban J connectivity index is 1.38. The fourth-order valence-electron chi connectivity index (χ4n) is 6.73. The van der Waals surface area contributed by atoms with Crippen LogP contribution in [0.2, 0.25) is 0 Å². The first-order chi connectivity index (χ1) is 14.1. The SMILES string of the molecule is CC(C)C1C(CC(C)[C@@H]2CCCN(CCC[C@@H]3CCCN3CC(F)(F)F)C2)CN1C. The van der Waals surface area contributed by atoms with Gasteiger partial charge in [-0.05, 0) is 95.3 Å². The number of rotatable bonds is 9. The van der Waals surface area contributed by atoms with Crippen LogP contribution in [0, 0.1) is 23.7 Å². The third kappa shape index (κ3) is 6.59. The van der Waals surface area contributed by atoms with Gasteiger partial charge in [0.25, 0.3) is 0 Å². The zero-order valence-corrected chi connectivity index (χ0v) is 19.6. The van der Waals surface area contributed by atoms with Crippen LogP contribution < -0.4 is 0 Å². The van der Waals surface area contributed by atoms with E-state index in [1.807, 2.05) is 0 Å². The summed E-state index contributed by atoms with van der Waals surface area (Å²) < 4.78 is 38.3. The molecule has 0 amide bonds. The molecular formula is C24H44F3N3. The quantitative estimate of drug-likeness (QED) is 0.502. The maximum absolute atomic E-state index is 12.8. The minimum absolute atomic E-state index is 0.134. The van der Waals surface area contributed by atoms with Gasteiger partial charge in [0.1, 0.15) is 0 Å². The fraction of sp³-hybridized carbons (Fsp3) is 1.00. The van der Waals surface area contributed by atoms with E-state index in [0.717, 1.165) is 61.9 Å². The van der Waals surface area contributed by atoms with E-state index in [0.29, 0.717) is 6.54 Å². The van der Waals surface area contributed by atoms with E-state index in [-0.39, 0.29) is 6.04 Å². The maximum atomic E-state index is 12.8. The lowest BCUT2D eigenvalue weighted by atomic mass is 9.73. The van der Waals surface area contributed by atoms with Crippen molar-refractivity contribution >= 4 is 0 Å². The number of piperidine rings is 1. The van der Waals surface area contributed by atoms with Crippen LogP contribution in [0.1, 0.15) is 65.7 Å². The Kier molecular flexibility index (Phi) is 8.53. The Morgan fingerprint density at radius 3 is 2.40 bits per heavy atom. The summed E-state index contributed by atoms with van der Waals surface area (Å²) in [6, 6.07) is 0.882. The Morgan fingerprint density at radius 2 is 1.73 bits per heavy atom. The third-order valence-corrected chi connectivity index (χ3v) is 8.11. The number of alkyl halides is 3. The summed E-state index contributed by atoms with van der Waals surface area (Å²) in [5.41, 5.74) is 0. The van der Waals surface area contributed by atoms with Crippen LogP contribution in [0.5, 0.6) is 0 Å². The van der Waals surface area contributed by atoms with Gasteiger partial charge in [-0.2, -0.15) is 13.2 Å². The molecule has 0 aliphatic carbocycles. The lowest BCUT2D eigenvalue weighted by Gasteiger charge is -2.50.